The molecule has 2 N–H and O–H groups in total. The maximum absolute atomic E-state index is 14.3. The van der Waals surface area contributed by atoms with E-state index in [4.69, 9.17) is 0 Å². The van der Waals surface area contributed by atoms with Gasteiger partial charge in [-0.15, -0.1) is 0 Å². The molecular weight excluding hydrogens is 454 g/mol. The standard InChI is InChI=1S/C23H23F4N5O2/c1-12-7-16(10-28-20(12)14-3-5-17(33)6-4-14)31-22(34)18-11-30-32(13(18)2)21-19(24)8-15(9-29-21)23(25,26)27/h7-11,14,17,33H,3-6H2,1-2H3,(H,31,34). The third kappa shape index (κ3) is 4.79. The largest absolute Gasteiger partial charge is 0.417 e. The number of pyridine rings is 2. The van der Waals surface area contributed by atoms with Gasteiger partial charge in [0.25, 0.3) is 5.91 Å². The van der Waals surface area contributed by atoms with E-state index in [1.165, 1.54) is 13.1 Å². The van der Waals surface area contributed by atoms with Crippen LogP contribution in [0.4, 0.5) is 23.2 Å². The van der Waals surface area contributed by atoms with E-state index in [0.717, 1.165) is 41.6 Å². The molecule has 11 heteroatoms. The van der Waals surface area contributed by atoms with Gasteiger partial charge in [-0.1, -0.05) is 0 Å². The number of hydrogen-bond donors (Lipinski definition) is 2. The highest BCUT2D eigenvalue weighted by Gasteiger charge is 2.32. The smallest absolute Gasteiger partial charge is 0.393 e. The van der Waals surface area contributed by atoms with Crippen LogP contribution in [0.1, 0.15) is 64.5 Å². The molecule has 1 aliphatic carbocycles. The lowest BCUT2D eigenvalue weighted by Gasteiger charge is -2.26. The summed E-state index contributed by atoms with van der Waals surface area (Å²) in [6.45, 7) is 3.40. The number of nitrogens with zero attached hydrogens (tertiary/aromatic N) is 4. The molecule has 0 aromatic carbocycles. The van der Waals surface area contributed by atoms with Crippen LogP contribution >= 0.6 is 0 Å². The summed E-state index contributed by atoms with van der Waals surface area (Å²) in [5.74, 6) is -1.91. The number of alkyl halides is 3. The van der Waals surface area contributed by atoms with Gasteiger partial charge in [0, 0.05) is 17.8 Å². The molecule has 1 fully saturated rings. The number of halogens is 4. The molecule has 0 aliphatic heterocycles. The van der Waals surface area contributed by atoms with Crippen molar-refractivity contribution >= 4 is 11.6 Å². The predicted octanol–water partition coefficient (Wildman–Crippen LogP) is 4.71. The topological polar surface area (TPSA) is 92.9 Å². The average Bonchev–Trinajstić information content (AvgIpc) is 3.15. The Morgan fingerprint density at radius 3 is 2.41 bits per heavy atom. The summed E-state index contributed by atoms with van der Waals surface area (Å²) in [6, 6.07) is 2.15. The predicted molar refractivity (Wildman–Crippen MR) is 115 cm³/mol. The molecule has 34 heavy (non-hydrogen) atoms. The van der Waals surface area contributed by atoms with Crippen molar-refractivity contribution in [3.8, 4) is 5.82 Å². The van der Waals surface area contributed by atoms with Gasteiger partial charge in [0.1, 0.15) is 0 Å². The molecule has 3 aromatic rings. The Kier molecular flexibility index (Phi) is 6.39. The second-order valence-corrected chi connectivity index (χ2v) is 8.47. The first-order valence-corrected chi connectivity index (χ1v) is 10.8. The van der Waals surface area contributed by atoms with E-state index in [1.807, 2.05) is 13.0 Å². The van der Waals surface area contributed by atoms with Gasteiger partial charge in [-0.2, -0.15) is 18.3 Å². The van der Waals surface area contributed by atoms with Crippen molar-refractivity contribution in [3.05, 3.63) is 64.6 Å². The lowest BCUT2D eigenvalue weighted by atomic mass is 9.84. The number of aryl methyl sites for hydroxylation is 1. The number of carbonyl (C=O) groups excluding carboxylic acids is 1. The van der Waals surface area contributed by atoms with Crippen molar-refractivity contribution in [1.82, 2.24) is 19.7 Å². The third-order valence-electron chi connectivity index (χ3n) is 6.06. The Bertz CT molecular complexity index is 1220. The molecular formula is C23H23F4N5O2. The summed E-state index contributed by atoms with van der Waals surface area (Å²) < 4.78 is 53.6. The molecule has 180 valence electrons. The van der Waals surface area contributed by atoms with E-state index in [0.29, 0.717) is 18.0 Å². The summed E-state index contributed by atoms with van der Waals surface area (Å²) in [5, 5.41) is 16.4. The quantitative estimate of drug-likeness (QED) is 0.531. The van der Waals surface area contributed by atoms with Gasteiger partial charge in [-0.05, 0) is 57.2 Å². The summed E-state index contributed by atoms with van der Waals surface area (Å²) in [7, 11) is 0. The van der Waals surface area contributed by atoms with Gasteiger partial charge in [0.2, 0.25) is 0 Å². The van der Waals surface area contributed by atoms with Gasteiger partial charge in [-0.25, -0.2) is 14.1 Å². The minimum atomic E-state index is -4.73. The van der Waals surface area contributed by atoms with Crippen LogP contribution in [0.2, 0.25) is 0 Å². The first kappa shape index (κ1) is 23.8. The lowest BCUT2D eigenvalue weighted by Crippen LogP contribution is -2.19. The zero-order valence-electron chi connectivity index (χ0n) is 18.5. The van der Waals surface area contributed by atoms with Crippen molar-refractivity contribution in [2.45, 2.75) is 57.7 Å². The van der Waals surface area contributed by atoms with Crippen molar-refractivity contribution in [2.24, 2.45) is 0 Å². The van der Waals surface area contributed by atoms with Gasteiger partial charge in [-0.3, -0.25) is 9.78 Å². The van der Waals surface area contributed by atoms with Crippen LogP contribution in [0.15, 0.2) is 30.7 Å². The van der Waals surface area contributed by atoms with E-state index < -0.39 is 29.3 Å². The Labute approximate surface area is 192 Å². The Morgan fingerprint density at radius 1 is 1.09 bits per heavy atom. The second-order valence-electron chi connectivity index (χ2n) is 8.47. The number of hydrogen-bond acceptors (Lipinski definition) is 5. The Morgan fingerprint density at radius 2 is 1.79 bits per heavy atom. The molecule has 0 bridgehead atoms. The van der Waals surface area contributed by atoms with Crippen LogP contribution in [-0.2, 0) is 6.18 Å². The summed E-state index contributed by atoms with van der Waals surface area (Å²) in [4.78, 5) is 20.9. The fourth-order valence-electron chi connectivity index (χ4n) is 4.22. The molecule has 1 aliphatic rings. The van der Waals surface area contributed by atoms with Crippen LogP contribution in [-0.4, -0.2) is 36.9 Å². The number of amides is 1. The molecule has 4 rings (SSSR count). The molecule has 0 spiro atoms. The zero-order valence-corrected chi connectivity index (χ0v) is 18.5. The van der Waals surface area contributed by atoms with Crippen LogP contribution in [0, 0.1) is 19.7 Å². The van der Waals surface area contributed by atoms with Gasteiger partial charge in [0.05, 0.1) is 41.0 Å². The fraction of sp³-hybridized carbons (Fsp3) is 0.391. The summed E-state index contributed by atoms with van der Waals surface area (Å²) >= 11 is 0. The fourth-order valence-corrected chi connectivity index (χ4v) is 4.22. The molecule has 3 aromatic heterocycles. The highest BCUT2D eigenvalue weighted by Crippen LogP contribution is 2.34. The van der Waals surface area contributed by atoms with Gasteiger partial charge >= 0.3 is 6.18 Å². The number of aliphatic hydroxyl groups excluding tert-OH is 1. The van der Waals surface area contributed by atoms with E-state index in [1.54, 1.807) is 6.20 Å². The summed E-state index contributed by atoms with van der Waals surface area (Å²) in [5.41, 5.74) is 1.44. The van der Waals surface area contributed by atoms with Crippen molar-refractivity contribution in [1.29, 1.82) is 0 Å². The highest BCUT2D eigenvalue weighted by molar-refractivity contribution is 6.04. The molecule has 0 saturated heterocycles. The first-order chi connectivity index (χ1) is 16.0. The molecule has 0 radical (unpaired) electrons. The molecule has 0 unspecified atom stereocenters. The third-order valence-corrected chi connectivity index (χ3v) is 6.06. The molecule has 1 amide bonds. The molecule has 7 nitrogen and oxygen atoms in total. The summed E-state index contributed by atoms with van der Waals surface area (Å²) in [6.07, 6.45) is 1.47. The number of nitrogens with one attached hydrogen (secondary N) is 1. The van der Waals surface area contributed by atoms with Gasteiger partial charge in [0.15, 0.2) is 11.6 Å². The van der Waals surface area contributed by atoms with E-state index in [-0.39, 0.29) is 23.3 Å². The monoisotopic (exact) mass is 477 g/mol. The maximum atomic E-state index is 14.3. The van der Waals surface area contributed by atoms with Crippen molar-refractivity contribution in [2.75, 3.05) is 5.32 Å². The van der Waals surface area contributed by atoms with E-state index in [2.05, 4.69) is 20.4 Å². The van der Waals surface area contributed by atoms with Crippen LogP contribution in [0.5, 0.6) is 0 Å². The SMILES string of the molecule is Cc1cc(NC(=O)c2cnn(-c3ncc(C(F)(F)F)cc3F)c2C)cnc1C1CCC(O)CC1. The van der Waals surface area contributed by atoms with E-state index >= 15 is 0 Å². The molecule has 1 saturated carbocycles. The minimum absolute atomic E-state index is 0.115. The Balaban J connectivity index is 1.51. The number of anilines is 1. The van der Waals surface area contributed by atoms with Crippen LogP contribution in [0.25, 0.3) is 5.82 Å². The first-order valence-electron chi connectivity index (χ1n) is 10.8. The minimum Gasteiger partial charge on any atom is -0.393 e. The van der Waals surface area contributed by atoms with Crippen molar-refractivity contribution in [3.63, 3.8) is 0 Å². The maximum Gasteiger partial charge on any atom is 0.417 e. The normalized spacial score (nSPS) is 18.7. The molecule has 3 heterocycles. The zero-order chi connectivity index (χ0) is 24.6. The van der Waals surface area contributed by atoms with Crippen LogP contribution < -0.4 is 5.32 Å². The average molecular weight is 477 g/mol. The second kappa shape index (κ2) is 9.13. The van der Waals surface area contributed by atoms with E-state index in [9.17, 15) is 27.5 Å². The van der Waals surface area contributed by atoms with Gasteiger partial charge < -0.3 is 10.4 Å². The number of aromatic nitrogens is 4. The molecule has 0 atom stereocenters. The Hall–Kier alpha value is -3.34. The number of carbonyl (C=O) groups is 1. The number of rotatable bonds is 4. The van der Waals surface area contributed by atoms with Crippen LogP contribution in [0.3, 0.4) is 0 Å². The highest BCUT2D eigenvalue weighted by atomic mass is 19.4. The number of aliphatic hydroxyl groups is 1. The van der Waals surface area contributed by atoms with Crippen molar-refractivity contribution < 1.29 is 27.5 Å². The lowest BCUT2D eigenvalue weighted by molar-refractivity contribution is -0.138.